The number of anilines is 2. The molecular formula is C13H18N4O4. The first-order valence-corrected chi connectivity index (χ1v) is 6.08. The molecule has 0 aromatic heterocycles. The van der Waals surface area contributed by atoms with Gasteiger partial charge in [-0.25, -0.2) is 4.79 Å². The summed E-state index contributed by atoms with van der Waals surface area (Å²) in [6.07, 6.45) is 2.30. The Morgan fingerprint density at radius 2 is 2.00 bits per heavy atom. The highest BCUT2D eigenvalue weighted by Crippen LogP contribution is 2.32. The molecule has 0 aliphatic rings. The number of primary amides is 1. The van der Waals surface area contributed by atoms with E-state index in [1.165, 1.54) is 19.2 Å². The number of carboxylic acid groups (broad SMARTS) is 1. The van der Waals surface area contributed by atoms with Gasteiger partial charge in [0.2, 0.25) is 5.91 Å². The summed E-state index contributed by atoms with van der Waals surface area (Å²) >= 11 is 0. The van der Waals surface area contributed by atoms with Gasteiger partial charge in [0, 0.05) is 18.7 Å². The number of carbonyl (C=O) groups is 2. The minimum Gasteiger partial charge on any atom is -0.494 e. The van der Waals surface area contributed by atoms with E-state index in [1.54, 1.807) is 12.2 Å². The van der Waals surface area contributed by atoms with E-state index in [9.17, 15) is 9.59 Å². The summed E-state index contributed by atoms with van der Waals surface area (Å²) in [5.74, 6) is -0.188. The van der Waals surface area contributed by atoms with Crippen molar-refractivity contribution in [1.82, 2.24) is 5.32 Å². The second kappa shape index (κ2) is 7.63. The Labute approximate surface area is 121 Å². The second-order valence-corrected chi connectivity index (χ2v) is 4.05. The molecule has 0 heterocycles. The Bertz CT molecular complexity index is 557. The first kappa shape index (κ1) is 16.2. The molecule has 8 nitrogen and oxygen atoms in total. The zero-order valence-electron chi connectivity index (χ0n) is 11.6. The lowest BCUT2D eigenvalue weighted by molar-refractivity contribution is 0.1000. The van der Waals surface area contributed by atoms with Crippen LogP contribution >= 0.6 is 0 Å². The molecule has 0 spiro atoms. The van der Waals surface area contributed by atoms with E-state index in [0.29, 0.717) is 23.7 Å². The van der Waals surface area contributed by atoms with Crippen molar-refractivity contribution in [3.05, 3.63) is 29.8 Å². The number of carbonyl (C=O) groups excluding carboxylic acids is 1. The monoisotopic (exact) mass is 294 g/mol. The van der Waals surface area contributed by atoms with Crippen molar-refractivity contribution < 1.29 is 19.4 Å². The van der Waals surface area contributed by atoms with E-state index in [2.05, 4.69) is 10.6 Å². The SMILES string of the molecule is COc1cc(C(N)=O)cc(N)c1NCC=CCNC(=O)O. The Morgan fingerprint density at radius 3 is 2.57 bits per heavy atom. The average molecular weight is 294 g/mol. The summed E-state index contributed by atoms with van der Waals surface area (Å²) in [6, 6.07) is 2.96. The van der Waals surface area contributed by atoms with Crippen molar-refractivity contribution in [2.75, 3.05) is 31.2 Å². The molecule has 0 bridgehead atoms. The summed E-state index contributed by atoms with van der Waals surface area (Å²) in [6.45, 7) is 0.627. The van der Waals surface area contributed by atoms with Gasteiger partial charge in [-0.2, -0.15) is 0 Å². The first-order valence-electron chi connectivity index (χ1n) is 6.08. The zero-order chi connectivity index (χ0) is 15.8. The van der Waals surface area contributed by atoms with Crippen LogP contribution in [0, 0.1) is 0 Å². The van der Waals surface area contributed by atoms with Gasteiger partial charge in [-0.05, 0) is 12.1 Å². The van der Waals surface area contributed by atoms with Crippen molar-refractivity contribution in [3.8, 4) is 5.75 Å². The predicted octanol–water partition coefficient (Wildman–Crippen LogP) is 0.612. The maximum absolute atomic E-state index is 11.1. The first-order chi connectivity index (χ1) is 9.95. The lowest BCUT2D eigenvalue weighted by Crippen LogP contribution is -2.20. The van der Waals surface area contributed by atoms with E-state index in [0.717, 1.165) is 0 Å². The van der Waals surface area contributed by atoms with Crippen LogP contribution in [-0.4, -0.2) is 37.3 Å². The molecule has 114 valence electrons. The van der Waals surface area contributed by atoms with Crippen molar-refractivity contribution in [2.24, 2.45) is 5.73 Å². The van der Waals surface area contributed by atoms with Crippen molar-refractivity contribution in [2.45, 2.75) is 0 Å². The standard InChI is InChI=1S/C13H18N4O4/c1-21-10-7-8(12(15)18)6-9(14)11(10)16-4-2-3-5-17-13(19)20/h2-3,6-7,16-17H,4-5,14H2,1H3,(H2,15,18)(H,19,20). The second-order valence-electron chi connectivity index (χ2n) is 4.05. The number of rotatable bonds is 7. The third-order valence-electron chi connectivity index (χ3n) is 2.57. The highest BCUT2D eigenvalue weighted by molar-refractivity contribution is 5.96. The van der Waals surface area contributed by atoms with Gasteiger partial charge in [-0.3, -0.25) is 4.79 Å². The third kappa shape index (κ3) is 4.94. The molecule has 7 N–H and O–H groups in total. The summed E-state index contributed by atoms with van der Waals surface area (Å²) in [5.41, 5.74) is 12.2. The van der Waals surface area contributed by atoms with E-state index < -0.39 is 12.0 Å². The van der Waals surface area contributed by atoms with Gasteiger partial charge in [0.25, 0.3) is 0 Å². The largest absolute Gasteiger partial charge is 0.494 e. The predicted molar refractivity (Wildman–Crippen MR) is 79.6 cm³/mol. The van der Waals surface area contributed by atoms with Crippen LogP contribution in [0.3, 0.4) is 0 Å². The quantitative estimate of drug-likeness (QED) is 0.369. The molecule has 21 heavy (non-hydrogen) atoms. The summed E-state index contributed by atoms with van der Waals surface area (Å²) < 4.78 is 5.16. The minimum atomic E-state index is -1.08. The number of methoxy groups -OCH3 is 1. The smallest absolute Gasteiger partial charge is 0.404 e. The topological polar surface area (TPSA) is 140 Å². The number of ether oxygens (including phenoxy) is 1. The molecule has 0 radical (unpaired) electrons. The molecule has 1 rings (SSSR count). The fourth-order valence-corrected chi connectivity index (χ4v) is 1.60. The van der Waals surface area contributed by atoms with E-state index >= 15 is 0 Å². The Morgan fingerprint density at radius 1 is 1.33 bits per heavy atom. The summed E-state index contributed by atoms with van der Waals surface area (Å²) in [5, 5.41) is 13.6. The zero-order valence-corrected chi connectivity index (χ0v) is 11.6. The molecule has 0 fully saturated rings. The van der Waals surface area contributed by atoms with Crippen LogP contribution in [0.15, 0.2) is 24.3 Å². The number of hydrogen-bond donors (Lipinski definition) is 5. The van der Waals surface area contributed by atoms with Crippen LogP contribution in [-0.2, 0) is 0 Å². The number of hydrogen-bond acceptors (Lipinski definition) is 5. The van der Waals surface area contributed by atoms with E-state index in [1.807, 2.05) is 0 Å². The summed E-state index contributed by atoms with van der Waals surface area (Å²) in [4.78, 5) is 21.4. The lowest BCUT2D eigenvalue weighted by atomic mass is 10.1. The van der Waals surface area contributed by atoms with Crippen LogP contribution in [0.25, 0.3) is 0 Å². The van der Waals surface area contributed by atoms with Gasteiger partial charge in [0.1, 0.15) is 11.4 Å². The molecule has 1 aromatic carbocycles. The molecule has 0 unspecified atom stereocenters. The van der Waals surface area contributed by atoms with Gasteiger partial charge >= 0.3 is 6.09 Å². The number of nitrogens with two attached hydrogens (primary N) is 2. The van der Waals surface area contributed by atoms with Crippen LogP contribution in [0.4, 0.5) is 16.2 Å². The Kier molecular flexibility index (Phi) is 5.87. The molecule has 2 amide bonds. The van der Waals surface area contributed by atoms with Gasteiger partial charge in [0.05, 0.1) is 12.8 Å². The molecule has 0 aliphatic heterocycles. The molecule has 8 heteroatoms. The number of nitrogens with one attached hydrogen (secondary N) is 2. The maximum Gasteiger partial charge on any atom is 0.404 e. The van der Waals surface area contributed by atoms with Gasteiger partial charge in [0.15, 0.2) is 0 Å². The van der Waals surface area contributed by atoms with Gasteiger partial charge in [-0.15, -0.1) is 0 Å². The van der Waals surface area contributed by atoms with Crippen LogP contribution < -0.4 is 26.8 Å². The fraction of sp³-hybridized carbons (Fsp3) is 0.231. The lowest BCUT2D eigenvalue weighted by Gasteiger charge is -2.13. The molecule has 0 aliphatic carbocycles. The number of amides is 2. The fourth-order valence-electron chi connectivity index (χ4n) is 1.60. The highest BCUT2D eigenvalue weighted by Gasteiger charge is 2.11. The van der Waals surface area contributed by atoms with E-state index in [4.69, 9.17) is 21.3 Å². The average Bonchev–Trinajstić information content (AvgIpc) is 2.42. The number of benzene rings is 1. The minimum absolute atomic E-state index is 0.213. The molecule has 0 saturated carbocycles. The molecule has 0 atom stereocenters. The van der Waals surface area contributed by atoms with Crippen molar-refractivity contribution >= 4 is 23.4 Å². The molecule has 0 saturated heterocycles. The maximum atomic E-state index is 11.1. The normalized spacial score (nSPS) is 10.3. The summed E-state index contributed by atoms with van der Waals surface area (Å²) in [7, 11) is 1.46. The van der Waals surface area contributed by atoms with Crippen molar-refractivity contribution in [1.29, 1.82) is 0 Å². The van der Waals surface area contributed by atoms with Gasteiger partial charge < -0.3 is 31.9 Å². The van der Waals surface area contributed by atoms with Crippen molar-refractivity contribution in [3.63, 3.8) is 0 Å². The molecule has 1 aromatic rings. The number of nitrogen functional groups attached to an aromatic ring is 1. The Hall–Kier alpha value is -2.90. The Balaban J connectivity index is 2.70. The van der Waals surface area contributed by atoms with Gasteiger partial charge in [-0.1, -0.05) is 12.2 Å². The van der Waals surface area contributed by atoms with Crippen LogP contribution in [0.1, 0.15) is 10.4 Å². The highest BCUT2D eigenvalue weighted by atomic mass is 16.5. The third-order valence-corrected chi connectivity index (χ3v) is 2.57. The van der Waals surface area contributed by atoms with E-state index in [-0.39, 0.29) is 12.1 Å². The molecular weight excluding hydrogens is 276 g/mol. The van der Waals surface area contributed by atoms with Crippen LogP contribution in [0.2, 0.25) is 0 Å². The van der Waals surface area contributed by atoms with Crippen LogP contribution in [0.5, 0.6) is 5.75 Å².